The van der Waals surface area contributed by atoms with E-state index in [0.717, 1.165) is 24.8 Å². The minimum absolute atomic E-state index is 0.00155. The number of aryl methyl sites for hydroxylation is 1. The van der Waals surface area contributed by atoms with Crippen molar-refractivity contribution >= 4 is 11.9 Å². The van der Waals surface area contributed by atoms with Gasteiger partial charge in [0, 0.05) is 6.42 Å². The van der Waals surface area contributed by atoms with Crippen molar-refractivity contribution in [2.45, 2.75) is 37.8 Å². The molecule has 1 N–H and O–H groups in total. The highest BCUT2D eigenvalue weighted by atomic mass is 16.5. The molecule has 0 aromatic heterocycles. The summed E-state index contributed by atoms with van der Waals surface area (Å²) in [6, 6.07) is 15.5. The topological polar surface area (TPSA) is 55.4 Å². The Morgan fingerprint density at radius 1 is 1.04 bits per heavy atom. The molecule has 0 unspecified atom stereocenters. The van der Waals surface area contributed by atoms with Crippen LogP contribution in [0.2, 0.25) is 0 Å². The highest BCUT2D eigenvalue weighted by Gasteiger charge is 2.32. The fourth-order valence-electron chi connectivity index (χ4n) is 3.65. The van der Waals surface area contributed by atoms with E-state index >= 15 is 0 Å². The summed E-state index contributed by atoms with van der Waals surface area (Å²) in [5.74, 6) is -0.624. The number of nitrogens with one attached hydrogen (secondary N) is 1. The molecule has 2 aromatic rings. The van der Waals surface area contributed by atoms with Crippen LogP contribution in [0.15, 0.2) is 48.5 Å². The number of fused-ring (bicyclic) bond motifs is 2. The van der Waals surface area contributed by atoms with Crippen molar-refractivity contribution in [1.82, 2.24) is 5.32 Å². The van der Waals surface area contributed by atoms with Crippen LogP contribution in [-0.2, 0) is 22.4 Å². The van der Waals surface area contributed by atoms with E-state index in [0.29, 0.717) is 12.0 Å². The molecule has 2 atom stereocenters. The quantitative estimate of drug-likeness (QED) is 0.865. The van der Waals surface area contributed by atoms with Gasteiger partial charge in [-0.15, -0.1) is 0 Å². The number of carbonyl (C=O) groups is 2. The van der Waals surface area contributed by atoms with Gasteiger partial charge in [-0.05, 0) is 42.0 Å². The van der Waals surface area contributed by atoms with Gasteiger partial charge in [-0.25, -0.2) is 4.79 Å². The molecule has 4 nitrogen and oxygen atoms in total. The van der Waals surface area contributed by atoms with Gasteiger partial charge >= 0.3 is 5.97 Å². The van der Waals surface area contributed by atoms with Gasteiger partial charge in [0.2, 0.25) is 0 Å². The first-order chi connectivity index (χ1) is 11.7. The molecular formula is C20H19NO3. The fraction of sp³-hybridized carbons (Fsp3) is 0.300. The highest BCUT2D eigenvalue weighted by molar-refractivity contribution is 5.95. The summed E-state index contributed by atoms with van der Waals surface area (Å²) in [5.41, 5.74) is 3.90. The van der Waals surface area contributed by atoms with Crippen LogP contribution in [0.25, 0.3) is 0 Å². The standard InChI is InChI=1S/C20H19NO3/c22-19(18-12-14-7-2-4-10-16(14)20(23)24-18)21-17-11-5-8-13-6-1-3-9-15(13)17/h1-4,6-7,9-10,17-18H,5,8,11-12H2,(H,21,22)/t17-,18+/m1/s1. The van der Waals surface area contributed by atoms with Gasteiger partial charge in [0.15, 0.2) is 6.10 Å². The van der Waals surface area contributed by atoms with E-state index in [1.165, 1.54) is 11.1 Å². The minimum Gasteiger partial charge on any atom is -0.448 e. The highest BCUT2D eigenvalue weighted by Crippen LogP contribution is 2.30. The second-order valence-electron chi connectivity index (χ2n) is 6.41. The van der Waals surface area contributed by atoms with E-state index < -0.39 is 12.1 Å². The molecular weight excluding hydrogens is 302 g/mol. The summed E-state index contributed by atoms with van der Waals surface area (Å²) in [4.78, 5) is 24.7. The Balaban J connectivity index is 1.51. The maximum absolute atomic E-state index is 12.6. The van der Waals surface area contributed by atoms with E-state index in [-0.39, 0.29) is 11.9 Å². The van der Waals surface area contributed by atoms with Crippen LogP contribution in [0, 0.1) is 0 Å². The largest absolute Gasteiger partial charge is 0.448 e. The zero-order chi connectivity index (χ0) is 16.5. The Morgan fingerprint density at radius 3 is 2.67 bits per heavy atom. The van der Waals surface area contributed by atoms with Crippen molar-refractivity contribution in [2.75, 3.05) is 0 Å². The van der Waals surface area contributed by atoms with Crippen molar-refractivity contribution in [1.29, 1.82) is 0 Å². The second kappa shape index (κ2) is 6.11. The van der Waals surface area contributed by atoms with Crippen molar-refractivity contribution in [2.24, 2.45) is 0 Å². The molecule has 4 rings (SSSR count). The van der Waals surface area contributed by atoms with Crippen LogP contribution < -0.4 is 5.32 Å². The second-order valence-corrected chi connectivity index (χ2v) is 6.41. The van der Waals surface area contributed by atoms with Gasteiger partial charge in [0.25, 0.3) is 5.91 Å². The van der Waals surface area contributed by atoms with E-state index in [1.54, 1.807) is 12.1 Å². The van der Waals surface area contributed by atoms with Gasteiger partial charge in [-0.1, -0.05) is 42.5 Å². The monoisotopic (exact) mass is 321 g/mol. The molecule has 0 spiro atoms. The normalized spacial score (nSPS) is 22.1. The summed E-state index contributed by atoms with van der Waals surface area (Å²) in [6.07, 6.45) is 2.70. The first-order valence-corrected chi connectivity index (χ1v) is 8.39. The van der Waals surface area contributed by atoms with E-state index in [9.17, 15) is 9.59 Å². The maximum atomic E-state index is 12.6. The minimum atomic E-state index is -0.749. The number of carbonyl (C=O) groups excluding carboxylic acids is 2. The Morgan fingerprint density at radius 2 is 1.79 bits per heavy atom. The molecule has 0 fully saturated rings. The van der Waals surface area contributed by atoms with Gasteiger partial charge in [-0.2, -0.15) is 0 Å². The molecule has 2 aliphatic rings. The van der Waals surface area contributed by atoms with Crippen molar-refractivity contribution in [3.05, 3.63) is 70.8 Å². The first-order valence-electron chi connectivity index (χ1n) is 8.39. The Kier molecular flexibility index (Phi) is 3.81. The molecule has 1 amide bonds. The average Bonchev–Trinajstić information content (AvgIpc) is 2.62. The molecule has 1 aliphatic carbocycles. The maximum Gasteiger partial charge on any atom is 0.339 e. The zero-order valence-electron chi connectivity index (χ0n) is 13.3. The summed E-state index contributed by atoms with van der Waals surface area (Å²) < 4.78 is 5.35. The first kappa shape index (κ1) is 14.9. The molecule has 0 saturated carbocycles. The number of hydrogen-bond donors (Lipinski definition) is 1. The Bertz CT molecular complexity index is 799. The van der Waals surface area contributed by atoms with Gasteiger partial charge in [0.05, 0.1) is 11.6 Å². The number of benzene rings is 2. The van der Waals surface area contributed by atoms with Crippen LogP contribution in [-0.4, -0.2) is 18.0 Å². The van der Waals surface area contributed by atoms with Crippen molar-refractivity contribution in [3.63, 3.8) is 0 Å². The molecule has 0 radical (unpaired) electrons. The number of cyclic esters (lactones) is 1. The lowest BCUT2D eigenvalue weighted by atomic mass is 9.87. The molecule has 1 aliphatic heterocycles. The third-order valence-electron chi connectivity index (χ3n) is 4.87. The average molecular weight is 321 g/mol. The summed E-state index contributed by atoms with van der Waals surface area (Å²) in [6.45, 7) is 0. The smallest absolute Gasteiger partial charge is 0.339 e. The molecule has 4 heteroatoms. The molecule has 1 heterocycles. The van der Waals surface area contributed by atoms with Crippen LogP contribution in [0.3, 0.4) is 0 Å². The molecule has 122 valence electrons. The van der Waals surface area contributed by atoms with Crippen LogP contribution in [0.1, 0.15) is 45.9 Å². The number of esters is 1. The fourth-order valence-corrected chi connectivity index (χ4v) is 3.65. The number of amides is 1. The zero-order valence-corrected chi connectivity index (χ0v) is 13.3. The van der Waals surface area contributed by atoms with Crippen LogP contribution in [0.4, 0.5) is 0 Å². The Labute approximate surface area is 140 Å². The molecule has 24 heavy (non-hydrogen) atoms. The van der Waals surface area contributed by atoms with Gasteiger partial charge in [-0.3, -0.25) is 4.79 Å². The van der Waals surface area contributed by atoms with Gasteiger partial charge in [0.1, 0.15) is 0 Å². The molecule has 2 aromatic carbocycles. The van der Waals surface area contributed by atoms with Gasteiger partial charge < -0.3 is 10.1 Å². The number of ether oxygens (including phenoxy) is 1. The van der Waals surface area contributed by atoms with E-state index in [1.807, 2.05) is 24.3 Å². The van der Waals surface area contributed by atoms with Crippen LogP contribution >= 0.6 is 0 Å². The molecule has 0 bridgehead atoms. The third-order valence-corrected chi connectivity index (χ3v) is 4.87. The number of hydrogen-bond acceptors (Lipinski definition) is 3. The predicted molar refractivity (Wildman–Crippen MR) is 89.6 cm³/mol. The summed E-state index contributed by atoms with van der Waals surface area (Å²) in [7, 11) is 0. The summed E-state index contributed by atoms with van der Waals surface area (Å²) >= 11 is 0. The number of rotatable bonds is 2. The van der Waals surface area contributed by atoms with E-state index in [4.69, 9.17) is 4.74 Å². The van der Waals surface area contributed by atoms with Crippen LogP contribution in [0.5, 0.6) is 0 Å². The molecule has 0 saturated heterocycles. The van der Waals surface area contributed by atoms with Crippen molar-refractivity contribution < 1.29 is 14.3 Å². The SMILES string of the molecule is O=C1O[C@H](C(=O)N[C@@H]2CCCc3ccccc32)Cc2ccccc21. The van der Waals surface area contributed by atoms with E-state index in [2.05, 4.69) is 17.4 Å². The third kappa shape index (κ3) is 2.68. The lowest BCUT2D eigenvalue weighted by molar-refractivity contribution is -0.131. The lowest BCUT2D eigenvalue weighted by Gasteiger charge is -2.29. The summed E-state index contributed by atoms with van der Waals surface area (Å²) in [5, 5.41) is 3.08. The van der Waals surface area contributed by atoms with Crippen molar-refractivity contribution in [3.8, 4) is 0 Å². The predicted octanol–water partition coefficient (Wildman–Crippen LogP) is 2.96. The lowest BCUT2D eigenvalue weighted by Crippen LogP contribution is -2.43. The Hall–Kier alpha value is -2.62.